The molecule has 14 heavy (non-hydrogen) atoms. The first kappa shape index (κ1) is 11.3. The molecule has 0 fully saturated rings. The molecule has 0 radical (unpaired) electrons. The summed E-state index contributed by atoms with van der Waals surface area (Å²) in [5.74, 6) is -1.55. The Kier molecular flexibility index (Phi) is 4.20. The predicted molar refractivity (Wildman–Crippen MR) is 53.9 cm³/mol. The summed E-state index contributed by atoms with van der Waals surface area (Å²) in [6.07, 6.45) is 2.49. The standard InChI is InChI=1S/C10H12F2OS/c1-3-4-13-10-8(11)5-7(14-2)6-9(10)12/h5-6H,3-4H2,1-2H3. The van der Waals surface area contributed by atoms with E-state index in [-0.39, 0.29) is 5.75 Å². The molecule has 1 aromatic carbocycles. The third-order valence-electron chi connectivity index (χ3n) is 1.66. The van der Waals surface area contributed by atoms with E-state index in [2.05, 4.69) is 0 Å². The van der Waals surface area contributed by atoms with Crippen LogP contribution in [0.4, 0.5) is 8.78 Å². The molecule has 0 heterocycles. The Hall–Kier alpha value is -0.770. The van der Waals surface area contributed by atoms with Gasteiger partial charge in [0.05, 0.1) is 6.61 Å². The zero-order valence-electron chi connectivity index (χ0n) is 8.14. The van der Waals surface area contributed by atoms with Crippen LogP contribution in [0.2, 0.25) is 0 Å². The minimum Gasteiger partial charge on any atom is -0.488 e. The second-order valence-corrected chi connectivity index (χ2v) is 3.65. The quantitative estimate of drug-likeness (QED) is 0.715. The fourth-order valence-corrected chi connectivity index (χ4v) is 1.44. The average molecular weight is 218 g/mol. The van der Waals surface area contributed by atoms with Crippen molar-refractivity contribution in [2.75, 3.05) is 12.9 Å². The van der Waals surface area contributed by atoms with E-state index >= 15 is 0 Å². The summed E-state index contributed by atoms with van der Waals surface area (Å²) in [7, 11) is 0. The van der Waals surface area contributed by atoms with E-state index in [1.807, 2.05) is 6.92 Å². The number of halogens is 2. The van der Waals surface area contributed by atoms with E-state index in [1.165, 1.54) is 23.9 Å². The molecule has 0 saturated carbocycles. The van der Waals surface area contributed by atoms with Gasteiger partial charge in [0, 0.05) is 4.90 Å². The van der Waals surface area contributed by atoms with Crippen molar-refractivity contribution < 1.29 is 13.5 Å². The summed E-state index contributed by atoms with van der Waals surface area (Å²) in [4.78, 5) is 0.559. The minimum atomic E-state index is -0.636. The van der Waals surface area contributed by atoms with E-state index in [1.54, 1.807) is 6.26 Å². The topological polar surface area (TPSA) is 9.23 Å². The van der Waals surface area contributed by atoms with Gasteiger partial charge < -0.3 is 4.74 Å². The summed E-state index contributed by atoms with van der Waals surface area (Å²) in [5.41, 5.74) is 0. The Balaban J connectivity index is 2.93. The van der Waals surface area contributed by atoms with Crippen LogP contribution in [0.15, 0.2) is 17.0 Å². The van der Waals surface area contributed by atoms with Gasteiger partial charge in [0.1, 0.15) is 0 Å². The van der Waals surface area contributed by atoms with E-state index < -0.39 is 11.6 Å². The molecule has 0 spiro atoms. The van der Waals surface area contributed by atoms with Gasteiger partial charge in [-0.25, -0.2) is 8.78 Å². The first-order valence-corrected chi connectivity index (χ1v) is 5.57. The van der Waals surface area contributed by atoms with Crippen LogP contribution >= 0.6 is 11.8 Å². The average Bonchev–Trinajstić information content (AvgIpc) is 2.16. The highest BCUT2D eigenvalue weighted by atomic mass is 32.2. The first-order chi connectivity index (χ1) is 6.69. The monoisotopic (exact) mass is 218 g/mol. The van der Waals surface area contributed by atoms with E-state index in [0.29, 0.717) is 11.5 Å². The molecular weight excluding hydrogens is 206 g/mol. The van der Waals surface area contributed by atoms with Crippen LogP contribution in [-0.2, 0) is 0 Å². The zero-order valence-corrected chi connectivity index (χ0v) is 8.96. The molecule has 1 aromatic rings. The number of hydrogen-bond donors (Lipinski definition) is 0. The maximum atomic E-state index is 13.2. The Labute approximate surface area is 86.5 Å². The molecule has 0 aromatic heterocycles. The normalized spacial score (nSPS) is 10.3. The lowest BCUT2D eigenvalue weighted by Gasteiger charge is -2.08. The fraction of sp³-hybridized carbons (Fsp3) is 0.400. The van der Waals surface area contributed by atoms with Gasteiger partial charge in [-0.15, -0.1) is 11.8 Å². The molecule has 4 heteroatoms. The summed E-state index contributed by atoms with van der Waals surface area (Å²) < 4.78 is 31.4. The van der Waals surface area contributed by atoms with Gasteiger partial charge >= 0.3 is 0 Å². The van der Waals surface area contributed by atoms with Crippen LogP contribution in [-0.4, -0.2) is 12.9 Å². The van der Waals surface area contributed by atoms with Gasteiger partial charge in [-0.05, 0) is 24.8 Å². The Morgan fingerprint density at radius 3 is 2.29 bits per heavy atom. The second-order valence-electron chi connectivity index (χ2n) is 2.77. The lowest BCUT2D eigenvalue weighted by molar-refractivity contribution is 0.284. The van der Waals surface area contributed by atoms with Gasteiger partial charge in [-0.1, -0.05) is 6.92 Å². The first-order valence-electron chi connectivity index (χ1n) is 4.34. The summed E-state index contributed by atoms with van der Waals surface area (Å²) in [6.45, 7) is 2.21. The van der Waals surface area contributed by atoms with Crippen molar-refractivity contribution in [2.45, 2.75) is 18.2 Å². The highest BCUT2D eigenvalue weighted by Gasteiger charge is 2.11. The van der Waals surface area contributed by atoms with Crippen LogP contribution < -0.4 is 4.74 Å². The van der Waals surface area contributed by atoms with Crippen LogP contribution in [0.25, 0.3) is 0 Å². The van der Waals surface area contributed by atoms with Crippen molar-refractivity contribution in [3.63, 3.8) is 0 Å². The number of rotatable bonds is 4. The van der Waals surface area contributed by atoms with E-state index in [9.17, 15) is 8.78 Å². The van der Waals surface area contributed by atoms with Gasteiger partial charge in [0.25, 0.3) is 0 Å². The van der Waals surface area contributed by atoms with Gasteiger partial charge in [0.15, 0.2) is 17.4 Å². The maximum absolute atomic E-state index is 13.2. The highest BCUT2D eigenvalue weighted by molar-refractivity contribution is 7.98. The molecule has 1 rings (SSSR count). The van der Waals surface area contributed by atoms with Crippen molar-refractivity contribution in [2.24, 2.45) is 0 Å². The molecule has 78 valence electrons. The Bertz CT molecular complexity index is 292. The number of ether oxygens (including phenoxy) is 1. The van der Waals surface area contributed by atoms with Crippen LogP contribution in [0.3, 0.4) is 0 Å². The van der Waals surface area contributed by atoms with Crippen LogP contribution in [0, 0.1) is 11.6 Å². The fourth-order valence-electron chi connectivity index (χ4n) is 0.996. The van der Waals surface area contributed by atoms with Gasteiger partial charge in [-0.2, -0.15) is 0 Å². The number of thioether (sulfide) groups is 1. The Morgan fingerprint density at radius 1 is 1.29 bits per heavy atom. The molecular formula is C10H12F2OS. The molecule has 0 atom stereocenters. The van der Waals surface area contributed by atoms with Crippen molar-refractivity contribution in [1.82, 2.24) is 0 Å². The van der Waals surface area contributed by atoms with Gasteiger partial charge in [0.2, 0.25) is 0 Å². The Morgan fingerprint density at radius 2 is 1.86 bits per heavy atom. The number of hydrogen-bond acceptors (Lipinski definition) is 2. The van der Waals surface area contributed by atoms with E-state index in [0.717, 1.165) is 6.42 Å². The minimum absolute atomic E-state index is 0.273. The summed E-state index contributed by atoms with van der Waals surface area (Å²) >= 11 is 1.29. The zero-order chi connectivity index (χ0) is 10.6. The largest absolute Gasteiger partial charge is 0.488 e. The van der Waals surface area contributed by atoms with Crippen molar-refractivity contribution in [3.8, 4) is 5.75 Å². The van der Waals surface area contributed by atoms with Crippen LogP contribution in [0.1, 0.15) is 13.3 Å². The molecule has 0 bridgehead atoms. The second kappa shape index (κ2) is 5.20. The molecule has 1 nitrogen and oxygen atoms in total. The molecule has 0 N–H and O–H groups in total. The molecule has 0 aliphatic rings. The van der Waals surface area contributed by atoms with Crippen LogP contribution in [0.5, 0.6) is 5.75 Å². The molecule has 0 aliphatic carbocycles. The lowest BCUT2D eigenvalue weighted by Crippen LogP contribution is -2.00. The van der Waals surface area contributed by atoms with Crippen molar-refractivity contribution >= 4 is 11.8 Å². The van der Waals surface area contributed by atoms with Gasteiger partial charge in [-0.3, -0.25) is 0 Å². The third kappa shape index (κ3) is 2.61. The van der Waals surface area contributed by atoms with Crippen molar-refractivity contribution in [3.05, 3.63) is 23.8 Å². The molecule has 0 amide bonds. The number of benzene rings is 1. The molecule has 0 saturated heterocycles. The maximum Gasteiger partial charge on any atom is 0.190 e. The predicted octanol–water partition coefficient (Wildman–Crippen LogP) is 3.48. The lowest BCUT2D eigenvalue weighted by atomic mass is 10.3. The smallest absolute Gasteiger partial charge is 0.190 e. The molecule has 0 aliphatic heterocycles. The molecule has 0 unspecified atom stereocenters. The SMILES string of the molecule is CCCOc1c(F)cc(SC)cc1F. The van der Waals surface area contributed by atoms with Crippen molar-refractivity contribution in [1.29, 1.82) is 0 Å². The third-order valence-corrected chi connectivity index (χ3v) is 2.37. The highest BCUT2D eigenvalue weighted by Crippen LogP contribution is 2.27. The summed E-state index contributed by atoms with van der Waals surface area (Å²) in [5, 5.41) is 0. The van der Waals surface area contributed by atoms with E-state index in [4.69, 9.17) is 4.74 Å². The summed E-state index contributed by atoms with van der Waals surface area (Å²) in [6, 6.07) is 2.55.